The van der Waals surface area contributed by atoms with Crippen LogP contribution in [0.15, 0.2) is 0 Å². The SMILES string of the molecule is CCC#CS(=O)CC. The molecule has 0 aliphatic carbocycles. The Balaban J connectivity index is 3.52. The quantitative estimate of drug-likeness (QED) is 0.486. The summed E-state index contributed by atoms with van der Waals surface area (Å²) >= 11 is 0. The first-order valence-electron chi connectivity index (χ1n) is 2.68. The molecule has 0 saturated heterocycles. The van der Waals surface area contributed by atoms with Crippen LogP contribution in [-0.2, 0) is 10.8 Å². The molecule has 0 aromatic heterocycles. The zero-order valence-electron chi connectivity index (χ0n) is 5.23. The van der Waals surface area contributed by atoms with Gasteiger partial charge in [-0.3, -0.25) is 0 Å². The summed E-state index contributed by atoms with van der Waals surface area (Å²) in [7, 11) is -0.888. The van der Waals surface area contributed by atoms with Crippen LogP contribution in [0.5, 0.6) is 0 Å². The van der Waals surface area contributed by atoms with E-state index in [1.54, 1.807) is 0 Å². The molecule has 0 rings (SSSR count). The standard InChI is InChI=1S/C6H10OS/c1-3-5-6-8(7)4-2/h3-4H2,1-2H3. The van der Waals surface area contributed by atoms with Gasteiger partial charge in [0.15, 0.2) is 0 Å². The average Bonchev–Trinajstić information content (AvgIpc) is 1.83. The summed E-state index contributed by atoms with van der Waals surface area (Å²) in [5.41, 5.74) is 0. The predicted molar refractivity (Wildman–Crippen MR) is 36.8 cm³/mol. The average molecular weight is 130 g/mol. The first-order valence-corrected chi connectivity index (χ1v) is 4.00. The highest BCUT2D eigenvalue weighted by Gasteiger charge is 1.81. The van der Waals surface area contributed by atoms with Crippen LogP contribution in [0.3, 0.4) is 0 Å². The lowest BCUT2D eigenvalue weighted by Crippen LogP contribution is -1.85. The molecule has 0 aliphatic rings. The van der Waals surface area contributed by atoms with Gasteiger partial charge in [-0.2, -0.15) is 0 Å². The first-order chi connectivity index (χ1) is 3.81. The normalized spacial score (nSPS) is 11.8. The van der Waals surface area contributed by atoms with Crippen molar-refractivity contribution in [1.82, 2.24) is 0 Å². The van der Waals surface area contributed by atoms with E-state index in [2.05, 4.69) is 11.2 Å². The van der Waals surface area contributed by atoms with Gasteiger partial charge in [-0.05, 0) is 5.25 Å². The van der Waals surface area contributed by atoms with Crippen molar-refractivity contribution >= 4 is 10.8 Å². The Morgan fingerprint density at radius 2 is 2.12 bits per heavy atom. The molecule has 0 saturated carbocycles. The zero-order chi connectivity index (χ0) is 6.41. The lowest BCUT2D eigenvalue weighted by atomic mass is 10.5. The molecule has 0 N–H and O–H groups in total. The molecule has 0 heterocycles. The maximum atomic E-state index is 10.5. The van der Waals surface area contributed by atoms with Gasteiger partial charge in [-0.25, -0.2) is 4.21 Å². The summed E-state index contributed by atoms with van der Waals surface area (Å²) in [5, 5.41) is 2.60. The van der Waals surface area contributed by atoms with Crippen molar-refractivity contribution in [2.45, 2.75) is 20.3 Å². The summed E-state index contributed by atoms with van der Waals surface area (Å²) in [6.45, 7) is 3.81. The highest BCUT2D eigenvalue weighted by molar-refractivity contribution is 7.89. The maximum absolute atomic E-state index is 10.5. The van der Waals surface area contributed by atoms with Gasteiger partial charge < -0.3 is 0 Å². The van der Waals surface area contributed by atoms with Crippen molar-refractivity contribution < 1.29 is 4.21 Å². The third-order valence-electron chi connectivity index (χ3n) is 0.625. The van der Waals surface area contributed by atoms with Gasteiger partial charge in [0.05, 0.1) is 10.8 Å². The van der Waals surface area contributed by atoms with Gasteiger partial charge >= 0.3 is 0 Å². The van der Waals surface area contributed by atoms with Crippen LogP contribution in [0.4, 0.5) is 0 Å². The predicted octanol–water partition coefficient (Wildman–Crippen LogP) is 1.13. The third kappa shape index (κ3) is 3.89. The van der Waals surface area contributed by atoms with Crippen molar-refractivity contribution in [3.63, 3.8) is 0 Å². The van der Waals surface area contributed by atoms with Crippen LogP contribution in [0.1, 0.15) is 20.3 Å². The Hall–Kier alpha value is -0.290. The van der Waals surface area contributed by atoms with Crippen LogP contribution < -0.4 is 0 Å². The monoisotopic (exact) mass is 130 g/mol. The Labute approximate surface area is 52.9 Å². The lowest BCUT2D eigenvalue weighted by Gasteiger charge is -1.77. The second-order valence-electron chi connectivity index (χ2n) is 1.27. The molecule has 0 aromatic carbocycles. The Morgan fingerprint density at radius 1 is 1.50 bits per heavy atom. The molecule has 46 valence electrons. The molecule has 8 heavy (non-hydrogen) atoms. The summed E-state index contributed by atoms with van der Waals surface area (Å²) in [4.78, 5) is 0. The number of rotatable bonds is 1. The fraction of sp³-hybridized carbons (Fsp3) is 0.667. The molecule has 0 bridgehead atoms. The van der Waals surface area contributed by atoms with Crippen molar-refractivity contribution in [2.75, 3.05) is 5.75 Å². The van der Waals surface area contributed by atoms with E-state index in [4.69, 9.17) is 0 Å². The van der Waals surface area contributed by atoms with Gasteiger partial charge in [0.1, 0.15) is 0 Å². The second-order valence-corrected chi connectivity index (χ2v) is 2.74. The Morgan fingerprint density at radius 3 is 2.50 bits per heavy atom. The molecule has 0 aliphatic heterocycles. The first kappa shape index (κ1) is 7.71. The van der Waals surface area contributed by atoms with Gasteiger partial charge in [0.2, 0.25) is 0 Å². The van der Waals surface area contributed by atoms with Crippen LogP contribution in [-0.4, -0.2) is 9.96 Å². The van der Waals surface area contributed by atoms with Crippen molar-refractivity contribution in [3.05, 3.63) is 0 Å². The van der Waals surface area contributed by atoms with Crippen LogP contribution in [0.25, 0.3) is 0 Å². The summed E-state index contributed by atoms with van der Waals surface area (Å²) in [6.07, 6.45) is 0.797. The Kier molecular flexibility index (Phi) is 4.68. The number of hydrogen-bond donors (Lipinski definition) is 0. The van der Waals surface area contributed by atoms with E-state index in [0.29, 0.717) is 5.75 Å². The van der Waals surface area contributed by atoms with Crippen molar-refractivity contribution in [3.8, 4) is 11.2 Å². The van der Waals surface area contributed by atoms with Crippen LogP contribution in [0.2, 0.25) is 0 Å². The van der Waals surface area contributed by atoms with E-state index < -0.39 is 10.8 Å². The van der Waals surface area contributed by atoms with E-state index in [1.807, 2.05) is 13.8 Å². The third-order valence-corrected chi connectivity index (χ3v) is 1.52. The van der Waals surface area contributed by atoms with Gasteiger partial charge in [0, 0.05) is 12.2 Å². The molecular weight excluding hydrogens is 120 g/mol. The zero-order valence-corrected chi connectivity index (χ0v) is 6.05. The van der Waals surface area contributed by atoms with E-state index in [9.17, 15) is 4.21 Å². The molecule has 2 heteroatoms. The van der Waals surface area contributed by atoms with Gasteiger partial charge in [-0.15, -0.1) is 0 Å². The highest BCUT2D eigenvalue weighted by atomic mass is 32.2. The fourth-order valence-electron chi connectivity index (χ4n) is 0.225. The molecular formula is C6H10OS. The summed E-state index contributed by atoms with van der Waals surface area (Å²) < 4.78 is 10.5. The Bertz CT molecular complexity index is 129. The van der Waals surface area contributed by atoms with Gasteiger partial charge in [0.25, 0.3) is 0 Å². The molecule has 1 nitrogen and oxygen atoms in total. The van der Waals surface area contributed by atoms with Crippen molar-refractivity contribution in [1.29, 1.82) is 0 Å². The molecule has 0 spiro atoms. The van der Waals surface area contributed by atoms with Crippen molar-refractivity contribution in [2.24, 2.45) is 0 Å². The van der Waals surface area contributed by atoms with Crippen LogP contribution >= 0.6 is 0 Å². The van der Waals surface area contributed by atoms with Crippen LogP contribution in [0, 0.1) is 11.2 Å². The fourth-order valence-corrected chi connectivity index (χ4v) is 0.674. The minimum absolute atomic E-state index is 0.646. The van der Waals surface area contributed by atoms with E-state index in [1.165, 1.54) is 0 Å². The molecule has 0 amide bonds. The minimum atomic E-state index is -0.888. The summed E-state index contributed by atoms with van der Waals surface area (Å²) in [5.74, 6) is 3.39. The molecule has 0 aromatic rings. The molecule has 0 fully saturated rings. The van der Waals surface area contributed by atoms with E-state index >= 15 is 0 Å². The topological polar surface area (TPSA) is 17.1 Å². The highest BCUT2D eigenvalue weighted by Crippen LogP contribution is 1.76. The minimum Gasteiger partial charge on any atom is -0.246 e. The second kappa shape index (κ2) is 4.86. The largest absolute Gasteiger partial charge is 0.246 e. The molecule has 1 atom stereocenters. The maximum Gasteiger partial charge on any atom is 0.0971 e. The van der Waals surface area contributed by atoms with Gasteiger partial charge in [-0.1, -0.05) is 19.8 Å². The van der Waals surface area contributed by atoms with E-state index in [0.717, 1.165) is 6.42 Å². The smallest absolute Gasteiger partial charge is 0.0971 e. The molecule has 1 unspecified atom stereocenters. The van der Waals surface area contributed by atoms with E-state index in [-0.39, 0.29) is 0 Å². The number of hydrogen-bond acceptors (Lipinski definition) is 1. The summed E-state index contributed by atoms with van der Waals surface area (Å²) in [6, 6.07) is 0. The lowest BCUT2D eigenvalue weighted by molar-refractivity contribution is 0.690. The molecule has 0 radical (unpaired) electrons.